The quantitative estimate of drug-likeness (QED) is 0.678. The molecule has 1 N–H and O–H groups in total. The maximum atomic E-state index is 4.43. The highest BCUT2D eigenvalue weighted by Gasteiger charge is 2.21. The van der Waals surface area contributed by atoms with E-state index in [1.165, 1.54) is 38.9 Å². The number of nitrogens with one attached hydrogen (secondary N) is 1. The van der Waals surface area contributed by atoms with Crippen LogP contribution in [-0.4, -0.2) is 43.5 Å². The molecule has 0 aliphatic carbocycles. The Morgan fingerprint density at radius 1 is 1.36 bits per heavy atom. The zero-order chi connectivity index (χ0) is 9.80. The van der Waals surface area contributed by atoms with Crippen molar-refractivity contribution in [2.45, 2.75) is 32.2 Å². The summed E-state index contributed by atoms with van der Waals surface area (Å²) in [5.41, 5.74) is 0. The van der Waals surface area contributed by atoms with E-state index < -0.39 is 0 Å². The molecule has 0 bridgehead atoms. The van der Waals surface area contributed by atoms with Crippen LogP contribution in [-0.2, 0) is 0 Å². The van der Waals surface area contributed by atoms with Gasteiger partial charge in [0.05, 0.1) is 6.34 Å². The van der Waals surface area contributed by atoms with Crippen molar-refractivity contribution < 1.29 is 0 Å². The Bertz CT molecular complexity index is 195. The van der Waals surface area contributed by atoms with E-state index >= 15 is 0 Å². The summed E-state index contributed by atoms with van der Waals surface area (Å²) in [4.78, 5) is 6.89. The van der Waals surface area contributed by atoms with Gasteiger partial charge in [-0.25, -0.2) is 0 Å². The van der Waals surface area contributed by atoms with Crippen molar-refractivity contribution in [3.8, 4) is 0 Å². The highest BCUT2D eigenvalue weighted by atomic mass is 15.2. The van der Waals surface area contributed by atoms with Crippen molar-refractivity contribution in [1.29, 1.82) is 0 Å². The summed E-state index contributed by atoms with van der Waals surface area (Å²) < 4.78 is 0. The van der Waals surface area contributed by atoms with Crippen LogP contribution in [0.1, 0.15) is 26.2 Å². The molecule has 0 radical (unpaired) electrons. The van der Waals surface area contributed by atoms with Crippen LogP contribution in [0.4, 0.5) is 0 Å². The van der Waals surface area contributed by atoms with E-state index in [1.54, 1.807) is 0 Å². The molecular weight excluding hydrogens is 174 g/mol. The molecule has 2 aliphatic heterocycles. The van der Waals surface area contributed by atoms with Crippen molar-refractivity contribution in [2.75, 3.05) is 26.2 Å². The fourth-order valence-corrected chi connectivity index (χ4v) is 2.37. The fraction of sp³-hybridized carbons (Fsp3) is 0.909. The Hall–Kier alpha value is -0.570. The Kier molecular flexibility index (Phi) is 3.40. The minimum Gasteiger partial charge on any atom is -0.360 e. The molecule has 2 unspecified atom stereocenters. The lowest BCUT2D eigenvalue weighted by atomic mass is 10.0. The van der Waals surface area contributed by atoms with E-state index in [1.807, 2.05) is 0 Å². The summed E-state index contributed by atoms with van der Waals surface area (Å²) in [6.07, 6.45) is 5.99. The molecule has 2 aliphatic rings. The highest BCUT2D eigenvalue weighted by Crippen LogP contribution is 2.16. The van der Waals surface area contributed by atoms with Gasteiger partial charge in [0.1, 0.15) is 0 Å². The Morgan fingerprint density at radius 2 is 2.29 bits per heavy atom. The average molecular weight is 195 g/mol. The zero-order valence-electron chi connectivity index (χ0n) is 9.08. The molecule has 1 fully saturated rings. The lowest BCUT2D eigenvalue weighted by Crippen LogP contribution is -2.40. The maximum absolute atomic E-state index is 4.43. The van der Waals surface area contributed by atoms with Gasteiger partial charge in [-0.15, -0.1) is 0 Å². The molecule has 1 saturated heterocycles. The first-order chi connectivity index (χ1) is 6.86. The molecule has 3 heteroatoms. The van der Waals surface area contributed by atoms with Gasteiger partial charge in [-0.1, -0.05) is 6.92 Å². The monoisotopic (exact) mass is 195 g/mol. The first-order valence-electron chi connectivity index (χ1n) is 5.82. The van der Waals surface area contributed by atoms with Gasteiger partial charge in [0, 0.05) is 19.1 Å². The summed E-state index contributed by atoms with van der Waals surface area (Å²) in [6, 6.07) is 0.733. The van der Waals surface area contributed by atoms with Crippen molar-refractivity contribution in [3.63, 3.8) is 0 Å². The molecule has 3 nitrogen and oxygen atoms in total. The Balaban J connectivity index is 1.91. The van der Waals surface area contributed by atoms with Gasteiger partial charge >= 0.3 is 0 Å². The van der Waals surface area contributed by atoms with Crippen LogP contribution >= 0.6 is 0 Å². The molecule has 2 heterocycles. The Morgan fingerprint density at radius 3 is 3.14 bits per heavy atom. The van der Waals surface area contributed by atoms with E-state index in [2.05, 4.69) is 28.5 Å². The van der Waals surface area contributed by atoms with Crippen LogP contribution in [0.15, 0.2) is 4.99 Å². The number of hydrogen-bond donors (Lipinski definition) is 1. The molecule has 14 heavy (non-hydrogen) atoms. The minimum atomic E-state index is 0.733. The SMILES string of the molecule is CC1CN=CN(C2CCCNCC2)C1. The average Bonchev–Trinajstić information content (AvgIpc) is 2.45. The van der Waals surface area contributed by atoms with Crippen LogP contribution in [0.3, 0.4) is 0 Å². The molecule has 2 atom stereocenters. The molecular formula is C11H21N3. The van der Waals surface area contributed by atoms with Gasteiger partial charge < -0.3 is 10.2 Å². The van der Waals surface area contributed by atoms with E-state index in [9.17, 15) is 0 Å². The second-order valence-electron chi connectivity index (χ2n) is 4.62. The van der Waals surface area contributed by atoms with Gasteiger partial charge in [0.15, 0.2) is 0 Å². The first-order valence-corrected chi connectivity index (χ1v) is 5.82. The molecule has 0 aromatic carbocycles. The third kappa shape index (κ3) is 2.47. The third-order valence-corrected chi connectivity index (χ3v) is 3.18. The number of nitrogens with zero attached hydrogens (tertiary/aromatic N) is 2. The van der Waals surface area contributed by atoms with E-state index in [4.69, 9.17) is 0 Å². The molecule has 2 rings (SSSR count). The molecule has 80 valence electrons. The topological polar surface area (TPSA) is 27.6 Å². The van der Waals surface area contributed by atoms with Crippen molar-refractivity contribution in [3.05, 3.63) is 0 Å². The van der Waals surface area contributed by atoms with Crippen LogP contribution in [0, 0.1) is 5.92 Å². The molecule has 0 amide bonds. The minimum absolute atomic E-state index is 0.733. The van der Waals surface area contributed by atoms with Crippen molar-refractivity contribution in [1.82, 2.24) is 10.2 Å². The number of aliphatic imine (C=N–C) groups is 1. The summed E-state index contributed by atoms with van der Waals surface area (Å²) >= 11 is 0. The van der Waals surface area contributed by atoms with Crippen molar-refractivity contribution >= 4 is 6.34 Å². The highest BCUT2D eigenvalue weighted by molar-refractivity contribution is 5.56. The fourth-order valence-electron chi connectivity index (χ4n) is 2.37. The van der Waals surface area contributed by atoms with Crippen LogP contribution in [0.2, 0.25) is 0 Å². The summed E-state index contributed by atoms with van der Waals surface area (Å²) in [6.45, 7) is 6.87. The van der Waals surface area contributed by atoms with Gasteiger partial charge in [-0.05, 0) is 38.3 Å². The van der Waals surface area contributed by atoms with Crippen LogP contribution in [0.5, 0.6) is 0 Å². The molecule has 0 aromatic heterocycles. The zero-order valence-corrected chi connectivity index (χ0v) is 9.08. The van der Waals surface area contributed by atoms with Gasteiger partial charge in [0.2, 0.25) is 0 Å². The van der Waals surface area contributed by atoms with Gasteiger partial charge in [0.25, 0.3) is 0 Å². The molecule has 0 saturated carbocycles. The van der Waals surface area contributed by atoms with Crippen LogP contribution in [0.25, 0.3) is 0 Å². The first kappa shape index (κ1) is 9.97. The summed E-state index contributed by atoms with van der Waals surface area (Å²) in [5.74, 6) is 0.733. The predicted octanol–water partition coefficient (Wildman–Crippen LogP) is 1.11. The van der Waals surface area contributed by atoms with E-state index in [0.29, 0.717) is 0 Å². The largest absolute Gasteiger partial charge is 0.360 e. The van der Waals surface area contributed by atoms with E-state index in [-0.39, 0.29) is 0 Å². The van der Waals surface area contributed by atoms with Crippen molar-refractivity contribution in [2.24, 2.45) is 10.9 Å². The maximum Gasteiger partial charge on any atom is 0.0852 e. The van der Waals surface area contributed by atoms with Gasteiger partial charge in [-0.3, -0.25) is 4.99 Å². The third-order valence-electron chi connectivity index (χ3n) is 3.18. The van der Waals surface area contributed by atoms with Gasteiger partial charge in [-0.2, -0.15) is 0 Å². The van der Waals surface area contributed by atoms with E-state index in [0.717, 1.165) is 18.5 Å². The predicted molar refractivity (Wildman–Crippen MR) is 59.7 cm³/mol. The second-order valence-corrected chi connectivity index (χ2v) is 4.62. The lowest BCUT2D eigenvalue weighted by Gasteiger charge is -2.33. The van der Waals surface area contributed by atoms with Crippen LogP contribution < -0.4 is 5.32 Å². The molecule has 0 aromatic rings. The molecule has 0 spiro atoms. The lowest BCUT2D eigenvalue weighted by molar-refractivity contribution is 0.251. The number of rotatable bonds is 1. The standard InChI is InChI=1S/C11H21N3/c1-10-7-13-9-14(8-10)11-3-2-5-12-6-4-11/h9-12H,2-8H2,1H3. The normalized spacial score (nSPS) is 34.2. The smallest absolute Gasteiger partial charge is 0.0852 e. The summed E-state index contributed by atoms with van der Waals surface area (Å²) in [5, 5.41) is 3.46. The Labute approximate surface area is 86.6 Å². The summed E-state index contributed by atoms with van der Waals surface area (Å²) in [7, 11) is 0. The second kappa shape index (κ2) is 4.78. The number of hydrogen-bond acceptors (Lipinski definition) is 3.